The molecule has 0 aliphatic heterocycles. The number of aliphatic hydroxyl groups is 1. The molecule has 0 amide bonds. The monoisotopic (exact) mass is 184 g/mol. The van der Waals surface area contributed by atoms with Crippen molar-refractivity contribution in [2.75, 3.05) is 0 Å². The molecular weight excluding hydrogens is 176 g/mol. The average Bonchev–Trinajstić information content (AvgIpc) is 2.04. The van der Waals surface area contributed by atoms with Crippen molar-refractivity contribution in [2.45, 2.75) is 13.0 Å². The summed E-state index contributed by atoms with van der Waals surface area (Å²) in [7, 11) is 0. The van der Waals surface area contributed by atoms with Crippen molar-refractivity contribution in [3.8, 4) is 0 Å². The summed E-state index contributed by atoms with van der Waals surface area (Å²) in [6.45, 7) is 1.64. The summed E-state index contributed by atoms with van der Waals surface area (Å²) in [5, 5.41) is 8.67. The normalized spacial score (nSPS) is 12.6. The van der Waals surface area contributed by atoms with Crippen molar-refractivity contribution in [3.63, 3.8) is 0 Å². The SMILES string of the molecule is C[C@@H](O)c1cccc(C(=O)Cl)c1. The standard InChI is InChI=1S/C9H9ClO2/c1-6(11)7-3-2-4-8(5-7)9(10)12/h2-6,11H,1H3/t6-/m1/s1. The van der Waals surface area contributed by atoms with E-state index in [1.807, 2.05) is 0 Å². The van der Waals surface area contributed by atoms with Gasteiger partial charge in [-0.3, -0.25) is 4.79 Å². The molecule has 0 fully saturated rings. The van der Waals surface area contributed by atoms with E-state index < -0.39 is 11.3 Å². The van der Waals surface area contributed by atoms with Crippen LogP contribution in [0.3, 0.4) is 0 Å². The molecule has 3 heteroatoms. The lowest BCUT2D eigenvalue weighted by molar-refractivity contribution is 0.108. The molecule has 1 aromatic carbocycles. The van der Waals surface area contributed by atoms with Crippen LogP contribution in [0.2, 0.25) is 0 Å². The van der Waals surface area contributed by atoms with E-state index in [0.29, 0.717) is 11.1 Å². The first-order chi connectivity index (χ1) is 5.61. The Kier molecular flexibility index (Phi) is 2.84. The smallest absolute Gasteiger partial charge is 0.252 e. The molecule has 1 N–H and O–H groups in total. The first-order valence-electron chi connectivity index (χ1n) is 3.59. The summed E-state index contributed by atoms with van der Waals surface area (Å²) in [5.41, 5.74) is 1.11. The molecule has 0 aliphatic carbocycles. The minimum atomic E-state index is -0.569. The van der Waals surface area contributed by atoms with Gasteiger partial charge < -0.3 is 5.11 Å². The fourth-order valence-electron chi connectivity index (χ4n) is 0.921. The van der Waals surface area contributed by atoms with E-state index >= 15 is 0 Å². The summed E-state index contributed by atoms with van der Waals surface area (Å²) >= 11 is 5.26. The molecule has 12 heavy (non-hydrogen) atoms. The van der Waals surface area contributed by atoms with Crippen LogP contribution in [0.5, 0.6) is 0 Å². The van der Waals surface area contributed by atoms with Crippen LogP contribution in [0.25, 0.3) is 0 Å². The summed E-state index contributed by atoms with van der Waals surface area (Å²) in [6, 6.07) is 6.63. The van der Waals surface area contributed by atoms with Gasteiger partial charge in [0.15, 0.2) is 0 Å². The maximum Gasteiger partial charge on any atom is 0.252 e. The molecule has 0 aromatic heterocycles. The number of halogens is 1. The topological polar surface area (TPSA) is 37.3 Å². The second kappa shape index (κ2) is 3.70. The average molecular weight is 185 g/mol. The Labute approximate surface area is 75.8 Å². The van der Waals surface area contributed by atoms with Crippen LogP contribution >= 0.6 is 11.6 Å². The number of aliphatic hydroxyl groups excluding tert-OH is 1. The first kappa shape index (κ1) is 9.23. The maximum absolute atomic E-state index is 10.7. The predicted molar refractivity (Wildman–Crippen MR) is 47.3 cm³/mol. The lowest BCUT2D eigenvalue weighted by atomic mass is 10.1. The molecule has 1 aromatic rings. The number of carbonyl (C=O) groups excluding carboxylic acids is 1. The van der Waals surface area contributed by atoms with Gasteiger partial charge in [0.05, 0.1) is 6.10 Å². The lowest BCUT2D eigenvalue weighted by Crippen LogP contribution is -1.94. The van der Waals surface area contributed by atoms with Crippen LogP contribution < -0.4 is 0 Å². The van der Waals surface area contributed by atoms with Gasteiger partial charge in [0.1, 0.15) is 0 Å². The quantitative estimate of drug-likeness (QED) is 0.715. The maximum atomic E-state index is 10.7. The summed E-state index contributed by atoms with van der Waals surface area (Å²) in [4.78, 5) is 10.7. The van der Waals surface area contributed by atoms with Crippen molar-refractivity contribution in [1.82, 2.24) is 0 Å². The van der Waals surface area contributed by atoms with E-state index in [-0.39, 0.29) is 0 Å². The molecule has 1 rings (SSSR count). The highest BCUT2D eigenvalue weighted by Crippen LogP contribution is 2.14. The van der Waals surface area contributed by atoms with E-state index in [1.54, 1.807) is 31.2 Å². The molecule has 0 heterocycles. The number of carbonyl (C=O) groups is 1. The van der Waals surface area contributed by atoms with Crippen LogP contribution in [-0.2, 0) is 0 Å². The largest absolute Gasteiger partial charge is 0.389 e. The van der Waals surface area contributed by atoms with Crippen LogP contribution in [0.15, 0.2) is 24.3 Å². The molecule has 0 unspecified atom stereocenters. The molecule has 2 nitrogen and oxygen atoms in total. The number of rotatable bonds is 2. The number of hydrogen-bond donors (Lipinski definition) is 1. The third-order valence-corrected chi connectivity index (χ3v) is 1.81. The van der Waals surface area contributed by atoms with Crippen LogP contribution in [0, 0.1) is 0 Å². The van der Waals surface area contributed by atoms with E-state index in [2.05, 4.69) is 0 Å². The summed E-state index contributed by atoms with van der Waals surface area (Å²) in [5.74, 6) is 0. The van der Waals surface area contributed by atoms with Crippen molar-refractivity contribution in [1.29, 1.82) is 0 Å². The molecule has 0 spiro atoms. The molecular formula is C9H9ClO2. The van der Waals surface area contributed by atoms with E-state index in [0.717, 1.165) is 0 Å². The van der Waals surface area contributed by atoms with Gasteiger partial charge in [0.25, 0.3) is 5.24 Å². The van der Waals surface area contributed by atoms with Crippen LogP contribution in [-0.4, -0.2) is 10.3 Å². The Morgan fingerprint density at radius 2 is 2.25 bits per heavy atom. The van der Waals surface area contributed by atoms with E-state index in [1.165, 1.54) is 0 Å². The zero-order chi connectivity index (χ0) is 9.14. The molecule has 0 bridgehead atoms. The van der Waals surface area contributed by atoms with Gasteiger partial charge >= 0.3 is 0 Å². The minimum Gasteiger partial charge on any atom is -0.389 e. The first-order valence-corrected chi connectivity index (χ1v) is 3.97. The van der Waals surface area contributed by atoms with Crippen LogP contribution in [0.4, 0.5) is 0 Å². The zero-order valence-electron chi connectivity index (χ0n) is 6.62. The molecule has 0 saturated carbocycles. The Hall–Kier alpha value is -0.860. The molecule has 0 aliphatic rings. The molecule has 1 atom stereocenters. The third kappa shape index (κ3) is 2.06. The molecule has 64 valence electrons. The predicted octanol–water partition coefficient (Wildman–Crippen LogP) is 2.12. The van der Waals surface area contributed by atoms with Gasteiger partial charge in [-0.05, 0) is 30.2 Å². The van der Waals surface area contributed by atoms with Gasteiger partial charge in [-0.1, -0.05) is 18.2 Å². The highest BCUT2D eigenvalue weighted by molar-refractivity contribution is 6.67. The Balaban J connectivity index is 3.04. The van der Waals surface area contributed by atoms with Gasteiger partial charge in [0.2, 0.25) is 0 Å². The second-order valence-electron chi connectivity index (χ2n) is 2.58. The number of benzene rings is 1. The molecule has 0 saturated heterocycles. The van der Waals surface area contributed by atoms with E-state index in [4.69, 9.17) is 11.6 Å². The van der Waals surface area contributed by atoms with Crippen molar-refractivity contribution < 1.29 is 9.90 Å². The Morgan fingerprint density at radius 1 is 1.58 bits per heavy atom. The highest BCUT2D eigenvalue weighted by Gasteiger charge is 2.04. The summed E-state index contributed by atoms with van der Waals surface area (Å²) < 4.78 is 0. The van der Waals surface area contributed by atoms with E-state index in [9.17, 15) is 9.90 Å². The van der Waals surface area contributed by atoms with Crippen molar-refractivity contribution in [2.24, 2.45) is 0 Å². The van der Waals surface area contributed by atoms with Crippen molar-refractivity contribution in [3.05, 3.63) is 35.4 Å². The van der Waals surface area contributed by atoms with Crippen LogP contribution in [0.1, 0.15) is 28.9 Å². The Morgan fingerprint density at radius 3 is 2.75 bits per heavy atom. The minimum absolute atomic E-state index is 0.412. The fourth-order valence-corrected chi connectivity index (χ4v) is 1.04. The van der Waals surface area contributed by atoms with Gasteiger partial charge in [0, 0.05) is 5.56 Å². The van der Waals surface area contributed by atoms with Gasteiger partial charge in [-0.2, -0.15) is 0 Å². The van der Waals surface area contributed by atoms with Gasteiger partial charge in [-0.15, -0.1) is 0 Å². The molecule has 0 radical (unpaired) electrons. The Bertz CT molecular complexity index is 294. The lowest BCUT2D eigenvalue weighted by Gasteiger charge is -2.04. The van der Waals surface area contributed by atoms with Crippen molar-refractivity contribution >= 4 is 16.8 Å². The summed E-state index contributed by atoms with van der Waals surface area (Å²) in [6.07, 6.45) is -0.569. The fraction of sp³-hybridized carbons (Fsp3) is 0.222. The second-order valence-corrected chi connectivity index (χ2v) is 2.92. The third-order valence-electron chi connectivity index (χ3n) is 1.60. The van der Waals surface area contributed by atoms with Gasteiger partial charge in [-0.25, -0.2) is 0 Å². The number of hydrogen-bond acceptors (Lipinski definition) is 2. The zero-order valence-corrected chi connectivity index (χ0v) is 7.38. The highest BCUT2D eigenvalue weighted by atomic mass is 35.5.